The first-order chi connectivity index (χ1) is 11.3. The summed E-state index contributed by atoms with van der Waals surface area (Å²) in [5.41, 5.74) is 0.283. The van der Waals surface area contributed by atoms with E-state index < -0.39 is 0 Å². The number of hydrogen-bond acceptors (Lipinski definition) is 8. The quantitative estimate of drug-likeness (QED) is 0.655. The van der Waals surface area contributed by atoms with Crippen LogP contribution >= 0.6 is 23.1 Å². The first-order valence-corrected chi connectivity index (χ1v) is 9.43. The van der Waals surface area contributed by atoms with Crippen molar-refractivity contribution in [3.05, 3.63) is 17.8 Å². The molecule has 0 bridgehead atoms. The van der Waals surface area contributed by atoms with E-state index in [9.17, 15) is 4.79 Å². The molecule has 0 aromatic carbocycles. The van der Waals surface area contributed by atoms with Crippen molar-refractivity contribution in [2.24, 2.45) is 0 Å². The number of thioether (sulfide) groups is 1. The van der Waals surface area contributed by atoms with Crippen LogP contribution in [-0.2, 0) is 0 Å². The van der Waals surface area contributed by atoms with Crippen molar-refractivity contribution in [3.63, 3.8) is 0 Å². The number of amides is 1. The zero-order valence-corrected chi connectivity index (χ0v) is 14.5. The molecule has 1 amide bonds. The molecule has 3 rings (SSSR count). The summed E-state index contributed by atoms with van der Waals surface area (Å²) in [6, 6.07) is 3.56. The van der Waals surface area contributed by atoms with Crippen molar-refractivity contribution in [2.75, 3.05) is 29.1 Å². The lowest BCUT2D eigenvalue weighted by molar-refractivity contribution is 0.102. The van der Waals surface area contributed by atoms with Crippen LogP contribution in [0.15, 0.2) is 16.5 Å². The fourth-order valence-corrected chi connectivity index (χ4v) is 3.99. The number of nitrogens with zero attached hydrogens (tertiary/aromatic N) is 5. The molecular formula is C14H18N6OS2. The zero-order chi connectivity index (χ0) is 16.1. The Kier molecular flexibility index (Phi) is 5.39. The molecule has 0 aliphatic carbocycles. The minimum absolute atomic E-state index is 0.283. The molecule has 1 aliphatic heterocycles. The van der Waals surface area contributed by atoms with Crippen molar-refractivity contribution in [2.45, 2.75) is 30.5 Å². The second-order valence-corrected chi connectivity index (χ2v) is 7.57. The average Bonchev–Trinajstić information content (AvgIpc) is 3.03. The number of carbonyl (C=O) groups is 1. The van der Waals surface area contributed by atoms with E-state index in [4.69, 9.17) is 0 Å². The predicted octanol–water partition coefficient (Wildman–Crippen LogP) is 2.68. The summed E-state index contributed by atoms with van der Waals surface area (Å²) in [6.45, 7) is 4.05. The molecule has 2 aromatic rings. The van der Waals surface area contributed by atoms with Gasteiger partial charge in [0.1, 0.15) is 0 Å². The van der Waals surface area contributed by atoms with Gasteiger partial charge in [0.25, 0.3) is 5.91 Å². The van der Waals surface area contributed by atoms with E-state index in [2.05, 4.69) is 30.6 Å². The maximum absolute atomic E-state index is 12.2. The SMILES string of the molecule is CCSc1nnc(NC(=O)c2ccc(N3CCCCC3)nn2)s1. The van der Waals surface area contributed by atoms with Gasteiger partial charge in [0.05, 0.1) is 0 Å². The first-order valence-electron chi connectivity index (χ1n) is 7.62. The summed E-state index contributed by atoms with van der Waals surface area (Å²) in [7, 11) is 0. The van der Waals surface area contributed by atoms with Crippen molar-refractivity contribution in [1.29, 1.82) is 0 Å². The minimum atomic E-state index is -0.313. The smallest absolute Gasteiger partial charge is 0.278 e. The maximum atomic E-state index is 12.2. The molecule has 0 spiro atoms. The second-order valence-electron chi connectivity index (χ2n) is 5.08. The maximum Gasteiger partial charge on any atom is 0.278 e. The van der Waals surface area contributed by atoms with Crippen LogP contribution in [0.25, 0.3) is 0 Å². The number of hydrogen-bond donors (Lipinski definition) is 1. The number of carbonyl (C=O) groups excluding carboxylic acids is 1. The Hall–Kier alpha value is -1.74. The molecule has 0 saturated carbocycles. The Balaban J connectivity index is 1.62. The normalized spacial score (nSPS) is 14.7. The van der Waals surface area contributed by atoms with E-state index in [0.29, 0.717) is 5.13 Å². The van der Waals surface area contributed by atoms with Gasteiger partial charge in [0.2, 0.25) is 5.13 Å². The topological polar surface area (TPSA) is 83.9 Å². The van der Waals surface area contributed by atoms with E-state index in [1.54, 1.807) is 17.8 Å². The average molecular weight is 350 g/mol. The highest BCUT2D eigenvalue weighted by atomic mass is 32.2. The van der Waals surface area contributed by atoms with Gasteiger partial charge in [-0.3, -0.25) is 10.1 Å². The molecule has 1 fully saturated rings. The Morgan fingerprint density at radius 2 is 2.04 bits per heavy atom. The molecule has 122 valence electrons. The van der Waals surface area contributed by atoms with E-state index in [-0.39, 0.29) is 11.6 Å². The highest BCUT2D eigenvalue weighted by Gasteiger charge is 2.15. The zero-order valence-electron chi connectivity index (χ0n) is 12.9. The van der Waals surface area contributed by atoms with Gasteiger partial charge < -0.3 is 4.90 Å². The van der Waals surface area contributed by atoms with Crippen molar-refractivity contribution < 1.29 is 4.79 Å². The summed E-state index contributed by atoms with van der Waals surface area (Å²) in [5.74, 6) is 1.44. The molecule has 3 heterocycles. The molecule has 0 atom stereocenters. The van der Waals surface area contributed by atoms with E-state index >= 15 is 0 Å². The van der Waals surface area contributed by atoms with E-state index in [0.717, 1.165) is 29.0 Å². The third-order valence-electron chi connectivity index (χ3n) is 3.46. The Morgan fingerprint density at radius 1 is 1.22 bits per heavy atom. The summed E-state index contributed by atoms with van der Waals surface area (Å²) in [5, 5.41) is 19.4. The molecule has 9 heteroatoms. The molecule has 23 heavy (non-hydrogen) atoms. The third kappa shape index (κ3) is 4.17. The second kappa shape index (κ2) is 7.69. The summed E-state index contributed by atoms with van der Waals surface area (Å²) in [6.07, 6.45) is 3.63. The highest BCUT2D eigenvalue weighted by Crippen LogP contribution is 2.25. The first kappa shape index (κ1) is 16.1. The summed E-state index contributed by atoms with van der Waals surface area (Å²) >= 11 is 2.96. The fraction of sp³-hybridized carbons (Fsp3) is 0.500. The number of anilines is 2. The molecular weight excluding hydrogens is 332 g/mol. The summed E-state index contributed by atoms with van der Waals surface area (Å²) < 4.78 is 0.842. The molecule has 1 N–H and O–H groups in total. The monoisotopic (exact) mass is 350 g/mol. The van der Waals surface area contributed by atoms with Gasteiger partial charge in [-0.2, -0.15) is 0 Å². The van der Waals surface area contributed by atoms with Crippen LogP contribution in [0.2, 0.25) is 0 Å². The molecule has 0 radical (unpaired) electrons. The molecule has 2 aromatic heterocycles. The fourth-order valence-electron chi connectivity index (χ4n) is 2.34. The van der Waals surface area contributed by atoms with Gasteiger partial charge in [0.15, 0.2) is 15.9 Å². The van der Waals surface area contributed by atoms with Gasteiger partial charge in [0, 0.05) is 13.1 Å². The molecule has 0 unspecified atom stereocenters. The lowest BCUT2D eigenvalue weighted by Gasteiger charge is -2.27. The minimum Gasteiger partial charge on any atom is -0.355 e. The van der Waals surface area contributed by atoms with Crippen LogP contribution in [0.1, 0.15) is 36.7 Å². The van der Waals surface area contributed by atoms with Crippen LogP contribution in [0.4, 0.5) is 10.9 Å². The molecule has 7 nitrogen and oxygen atoms in total. The Bertz CT molecular complexity index is 654. The standard InChI is InChI=1S/C14H18N6OS2/c1-2-22-14-19-18-13(23-14)15-12(21)10-6-7-11(17-16-10)20-8-4-3-5-9-20/h6-7H,2-5,8-9H2,1H3,(H,15,18,21). The van der Waals surface area contributed by atoms with Gasteiger partial charge >= 0.3 is 0 Å². The van der Waals surface area contributed by atoms with Crippen LogP contribution in [0.3, 0.4) is 0 Å². The van der Waals surface area contributed by atoms with E-state index in [1.165, 1.54) is 30.6 Å². The Labute approximate surface area is 142 Å². The lowest BCUT2D eigenvalue weighted by atomic mass is 10.1. The number of piperidine rings is 1. The predicted molar refractivity (Wildman–Crippen MR) is 92.4 cm³/mol. The summed E-state index contributed by atoms with van der Waals surface area (Å²) in [4.78, 5) is 14.4. The largest absolute Gasteiger partial charge is 0.355 e. The van der Waals surface area contributed by atoms with Crippen LogP contribution in [-0.4, -0.2) is 45.1 Å². The number of aromatic nitrogens is 4. The van der Waals surface area contributed by atoms with E-state index in [1.807, 2.05) is 13.0 Å². The lowest BCUT2D eigenvalue weighted by Crippen LogP contribution is -2.30. The highest BCUT2D eigenvalue weighted by molar-refractivity contribution is 8.01. The van der Waals surface area contributed by atoms with Gasteiger partial charge in [-0.15, -0.1) is 20.4 Å². The van der Waals surface area contributed by atoms with Gasteiger partial charge in [-0.1, -0.05) is 30.0 Å². The van der Waals surface area contributed by atoms with Crippen LogP contribution in [0.5, 0.6) is 0 Å². The number of nitrogens with one attached hydrogen (secondary N) is 1. The third-order valence-corrected chi connectivity index (χ3v) is 5.31. The Morgan fingerprint density at radius 3 is 2.74 bits per heavy atom. The van der Waals surface area contributed by atoms with Crippen molar-refractivity contribution >= 4 is 40.0 Å². The van der Waals surface area contributed by atoms with Crippen LogP contribution < -0.4 is 10.2 Å². The van der Waals surface area contributed by atoms with Crippen LogP contribution in [0, 0.1) is 0 Å². The molecule has 1 saturated heterocycles. The van der Waals surface area contributed by atoms with Gasteiger partial charge in [-0.05, 0) is 37.1 Å². The van der Waals surface area contributed by atoms with Gasteiger partial charge in [-0.25, -0.2) is 0 Å². The van der Waals surface area contributed by atoms with Crippen molar-refractivity contribution in [3.8, 4) is 0 Å². The van der Waals surface area contributed by atoms with Crippen molar-refractivity contribution in [1.82, 2.24) is 20.4 Å². The number of rotatable bonds is 5. The molecule has 1 aliphatic rings.